The molecule has 0 aromatic heterocycles. The Hall–Kier alpha value is 3.20. The molecule has 0 radical (unpaired) electrons. The Morgan fingerprint density at radius 3 is 1.67 bits per heavy atom. The van der Waals surface area contributed by atoms with Crippen molar-refractivity contribution in [3.05, 3.63) is 0 Å². The van der Waals surface area contributed by atoms with Gasteiger partial charge >= 0.3 is 96.6 Å². The van der Waals surface area contributed by atoms with Crippen LogP contribution in [-0.2, 0) is 15.5 Å². The molecule has 6 heteroatoms. The Bertz CT molecular complexity index is 31.8. The van der Waals surface area contributed by atoms with Gasteiger partial charge in [0.1, 0.15) is 0 Å². The van der Waals surface area contributed by atoms with Crippen molar-refractivity contribution < 1.29 is 53.2 Å². The van der Waals surface area contributed by atoms with E-state index in [1.807, 2.05) is 0 Å². The summed E-state index contributed by atoms with van der Waals surface area (Å²) in [4.78, 5) is 0. The summed E-state index contributed by atoms with van der Waals surface area (Å²) in [6.45, 7) is 0. The van der Waals surface area contributed by atoms with Gasteiger partial charge in [-0.1, -0.05) is 0 Å². The molecule has 0 aromatic rings. The van der Waals surface area contributed by atoms with Gasteiger partial charge in [0.05, 0.1) is 0 Å². The van der Waals surface area contributed by atoms with Crippen molar-refractivity contribution in [2.75, 3.05) is 0 Å². The van der Waals surface area contributed by atoms with Crippen LogP contribution in [0.15, 0.2) is 0 Å². The van der Waals surface area contributed by atoms with E-state index < -0.39 is 43.3 Å². The van der Waals surface area contributed by atoms with E-state index in [1.54, 1.807) is 0 Å². The molecule has 30 valence electrons. The monoisotopic (exact) mass is 378 g/mol. The van der Waals surface area contributed by atoms with Crippen LogP contribution in [0, 0.1) is 32.1 Å². The van der Waals surface area contributed by atoms with Crippen molar-refractivity contribution in [3.8, 4) is 0 Å². The molecule has 0 saturated carbocycles. The van der Waals surface area contributed by atoms with Gasteiger partial charge in [0.15, 0.2) is 0 Å². The molecule has 0 bridgehead atoms. The first-order valence-electron chi connectivity index (χ1n) is 0.658. The number of hydrogen-bond donors (Lipinski definition) is 0. The first-order chi connectivity index (χ1) is 1.91. The van der Waals surface area contributed by atoms with Crippen LogP contribution < -0.4 is 0 Å². The van der Waals surface area contributed by atoms with Gasteiger partial charge < -0.3 is 5.48 Å². The number of rotatable bonds is 1. The van der Waals surface area contributed by atoms with Gasteiger partial charge in [-0.15, -0.1) is 0 Å². The molecular formula is H2BaNdO3Ti. The van der Waals surface area contributed by atoms with E-state index in [0.29, 0.717) is 0 Å². The zero-order chi connectivity index (χ0) is 3.41. The average molecular weight is 379 g/mol. The molecule has 0 aliphatic heterocycles. The summed E-state index contributed by atoms with van der Waals surface area (Å²) in [7, 11) is 0. The third-order valence-corrected chi connectivity index (χ3v) is 1.27. The third-order valence-electron chi connectivity index (χ3n) is 0.0417. The molecule has 3 nitrogen and oxygen atoms in total. The molecule has 0 saturated heterocycles. The normalized spacial score (nSPS) is 2.00. The summed E-state index contributed by atoms with van der Waals surface area (Å²) in [5.74, 6) is 0. The quantitative estimate of drug-likeness (QED) is 0.546. The van der Waals surface area contributed by atoms with Crippen molar-refractivity contribution in [3.63, 3.8) is 0 Å². The zero-order valence-corrected chi connectivity index (χ0v) is 14.3. The van der Waals surface area contributed by atoms with Crippen molar-refractivity contribution in [1.82, 2.24) is 0 Å². The van der Waals surface area contributed by atoms with Crippen LogP contribution in [0.1, 0.15) is 0 Å². The predicted octanol–water partition coefficient (Wildman–Crippen LogP) is -1.07. The molecule has 0 amide bonds. The summed E-state index contributed by atoms with van der Waals surface area (Å²) in [5.41, 5.74) is 0. The average Bonchev–Trinajstić information content (AvgIpc) is 1.37. The number of hydrogen-bond acceptors (Lipinski definition) is 3. The van der Waals surface area contributed by atoms with Crippen molar-refractivity contribution in [1.29, 1.82) is 0 Å². The maximum absolute atomic E-state index is 9.24. The molecular weight excluding hydrogens is 377 g/mol. The van der Waals surface area contributed by atoms with Crippen LogP contribution in [0.3, 0.4) is 0 Å². The van der Waals surface area contributed by atoms with E-state index in [2.05, 4.69) is 0 Å². The first-order valence-corrected chi connectivity index (χ1v) is 10.00. The van der Waals surface area contributed by atoms with Gasteiger partial charge in [-0.3, -0.25) is 0 Å². The second-order valence-electron chi connectivity index (χ2n) is 0.204. The Morgan fingerprint density at radius 1 is 1.50 bits per heavy atom. The van der Waals surface area contributed by atoms with Crippen molar-refractivity contribution >= 4 is 48.9 Å². The fraction of sp³-hybridized carbons (Fsp3) is 0. The molecule has 0 rings (SSSR count). The van der Waals surface area contributed by atoms with E-state index in [1.165, 1.54) is 0 Å². The minimum atomic E-state index is -1.61. The van der Waals surface area contributed by atoms with Crippen LogP contribution >= 0.6 is 0 Å². The van der Waals surface area contributed by atoms with Crippen molar-refractivity contribution in [2.24, 2.45) is 0 Å². The van der Waals surface area contributed by atoms with Gasteiger partial charge in [0.2, 0.25) is 0 Å². The van der Waals surface area contributed by atoms with Crippen LogP contribution in [0.2, 0.25) is 0 Å². The zero-order valence-electron chi connectivity index (χ0n) is 3.26. The molecule has 0 aliphatic carbocycles. The summed E-state index contributed by atoms with van der Waals surface area (Å²) >= 11 is -2.71. The SMILES string of the molecule is [BaH+].[OH-].[O]=[Ti][Nd]=[O]. The summed E-state index contributed by atoms with van der Waals surface area (Å²) in [5, 5.41) is 0. The molecule has 0 unspecified atom stereocenters. The predicted molar refractivity (Wildman–Crippen MR) is 10.5 cm³/mol. The second-order valence-corrected chi connectivity index (χ2v) is 6.24. The first kappa shape index (κ1) is 16.1. The molecule has 0 heterocycles. The van der Waals surface area contributed by atoms with Gasteiger partial charge in [0.25, 0.3) is 0 Å². The van der Waals surface area contributed by atoms with Crippen LogP contribution in [-0.4, -0.2) is 54.4 Å². The maximum atomic E-state index is 9.24. The summed E-state index contributed by atoms with van der Waals surface area (Å²) in [6.07, 6.45) is 0. The van der Waals surface area contributed by atoms with E-state index in [0.717, 1.165) is 0 Å². The van der Waals surface area contributed by atoms with Gasteiger partial charge in [-0.05, 0) is 0 Å². The topological polar surface area (TPSA) is 64.1 Å². The van der Waals surface area contributed by atoms with E-state index in [4.69, 9.17) is 0 Å². The van der Waals surface area contributed by atoms with Crippen molar-refractivity contribution in [2.45, 2.75) is 0 Å². The van der Waals surface area contributed by atoms with Gasteiger partial charge in [-0.2, -0.15) is 0 Å². The molecule has 0 atom stereocenters. The third kappa shape index (κ3) is 15.7. The fourth-order valence-corrected chi connectivity index (χ4v) is 0. The second kappa shape index (κ2) is 15.7. The van der Waals surface area contributed by atoms with Gasteiger partial charge in [0, 0.05) is 0 Å². The molecule has 0 fully saturated rings. The van der Waals surface area contributed by atoms with E-state index in [9.17, 15) is 4.38 Å². The molecule has 6 heavy (non-hydrogen) atoms. The Kier molecular flexibility index (Phi) is 42.2. The molecule has 0 aliphatic rings. The van der Waals surface area contributed by atoms with E-state index in [-0.39, 0.29) is 54.4 Å². The molecule has 0 spiro atoms. The van der Waals surface area contributed by atoms with E-state index >= 15 is 0 Å². The Morgan fingerprint density at radius 2 is 1.67 bits per heavy atom. The Labute approximate surface area is 98.6 Å². The fourth-order valence-electron chi connectivity index (χ4n) is 0. The van der Waals surface area contributed by atoms with Crippen LogP contribution in [0.5, 0.6) is 0 Å². The summed E-state index contributed by atoms with van der Waals surface area (Å²) in [6, 6.07) is 0. The standard InChI is InChI=1S/Ba.Nd.H2O.2O.Ti.H/h;;1H2;;;;/q+1;;;;;;/p-1. The summed E-state index contributed by atoms with van der Waals surface area (Å²) < 4.78 is 18.4. The van der Waals surface area contributed by atoms with Crippen LogP contribution in [0.25, 0.3) is 0 Å². The Balaban J connectivity index is -0.0000000450. The van der Waals surface area contributed by atoms with Gasteiger partial charge in [-0.25, -0.2) is 0 Å². The minimum absolute atomic E-state index is 0. The van der Waals surface area contributed by atoms with Crippen LogP contribution in [0.4, 0.5) is 0 Å². The molecule has 1 N–H and O–H groups in total. The molecule has 0 aromatic carbocycles.